The third-order valence-electron chi connectivity index (χ3n) is 5.43. The number of morpholine rings is 1. The lowest BCUT2D eigenvalue weighted by molar-refractivity contribution is -0.115. The van der Waals surface area contributed by atoms with Crippen LogP contribution in [0.2, 0.25) is 0 Å². The first kappa shape index (κ1) is 24.2. The average molecular weight is 482 g/mol. The summed E-state index contributed by atoms with van der Waals surface area (Å²) in [6, 6.07) is 13.9. The highest BCUT2D eigenvalue weighted by atomic mass is 32.1. The van der Waals surface area contributed by atoms with Crippen LogP contribution in [0.4, 0.5) is 5.69 Å². The molecule has 2 aromatic carbocycles. The zero-order valence-corrected chi connectivity index (χ0v) is 20.5. The number of carbonyl (C=O) groups is 1. The Bertz CT molecular complexity index is 1080. The normalized spacial score (nSPS) is 14.1. The van der Waals surface area contributed by atoms with Gasteiger partial charge in [-0.3, -0.25) is 9.69 Å². The number of carbonyl (C=O) groups excluding carboxylic acids is 1. The Hall–Kier alpha value is -2.94. The molecule has 1 aliphatic heterocycles. The molecule has 8 heteroatoms. The lowest BCUT2D eigenvalue weighted by Gasteiger charge is -2.26. The van der Waals surface area contributed by atoms with Gasteiger partial charge in [0.15, 0.2) is 11.5 Å². The number of nitrogens with one attached hydrogen (secondary N) is 1. The van der Waals surface area contributed by atoms with Gasteiger partial charge in [0.05, 0.1) is 38.5 Å². The SMILES string of the molecule is CCOc1ccc(NC(=O)Cc2csc(-c3ccc(CN4CCOCC4)cc3)n2)cc1OCC. The fourth-order valence-corrected chi connectivity index (χ4v) is 4.62. The highest BCUT2D eigenvalue weighted by molar-refractivity contribution is 7.13. The van der Waals surface area contributed by atoms with Gasteiger partial charge in [0, 0.05) is 42.3 Å². The zero-order chi connectivity index (χ0) is 23.8. The lowest BCUT2D eigenvalue weighted by Crippen LogP contribution is -2.35. The third kappa shape index (κ3) is 6.56. The smallest absolute Gasteiger partial charge is 0.230 e. The number of nitrogens with zero attached hydrogens (tertiary/aromatic N) is 2. The molecule has 34 heavy (non-hydrogen) atoms. The summed E-state index contributed by atoms with van der Waals surface area (Å²) in [6.45, 7) is 9.41. The predicted octanol–water partition coefficient (Wildman–Crippen LogP) is 4.62. The quantitative estimate of drug-likeness (QED) is 0.456. The van der Waals surface area contributed by atoms with Crippen molar-refractivity contribution in [3.8, 4) is 22.1 Å². The Kier molecular flexibility index (Phi) is 8.51. The molecule has 7 nitrogen and oxygen atoms in total. The van der Waals surface area contributed by atoms with Crippen LogP contribution in [-0.4, -0.2) is 55.3 Å². The maximum atomic E-state index is 12.6. The van der Waals surface area contributed by atoms with E-state index >= 15 is 0 Å². The summed E-state index contributed by atoms with van der Waals surface area (Å²) in [5.74, 6) is 1.17. The summed E-state index contributed by atoms with van der Waals surface area (Å²) < 4.78 is 16.6. The van der Waals surface area contributed by atoms with Crippen molar-refractivity contribution < 1.29 is 19.0 Å². The molecular formula is C26H31N3O4S. The molecule has 0 radical (unpaired) electrons. The van der Waals surface area contributed by atoms with Crippen molar-refractivity contribution >= 4 is 22.9 Å². The Labute approximate surface area is 204 Å². The van der Waals surface area contributed by atoms with E-state index in [2.05, 4.69) is 39.5 Å². The highest BCUT2D eigenvalue weighted by Gasteiger charge is 2.13. The van der Waals surface area contributed by atoms with Crippen LogP contribution in [0.1, 0.15) is 25.1 Å². The van der Waals surface area contributed by atoms with Crippen LogP contribution in [0, 0.1) is 0 Å². The summed E-state index contributed by atoms with van der Waals surface area (Å²) in [5.41, 5.74) is 3.77. The number of aromatic nitrogens is 1. The van der Waals surface area contributed by atoms with Crippen LogP contribution in [0.25, 0.3) is 10.6 Å². The molecule has 1 N–H and O–H groups in total. The highest BCUT2D eigenvalue weighted by Crippen LogP contribution is 2.31. The number of ether oxygens (including phenoxy) is 3. The molecule has 1 aliphatic rings. The molecule has 0 spiro atoms. The zero-order valence-electron chi connectivity index (χ0n) is 19.7. The van der Waals surface area contributed by atoms with Crippen molar-refractivity contribution in [2.24, 2.45) is 0 Å². The third-order valence-corrected chi connectivity index (χ3v) is 6.37. The summed E-state index contributed by atoms with van der Waals surface area (Å²) in [7, 11) is 0. The first-order valence-corrected chi connectivity index (χ1v) is 12.6. The molecule has 4 rings (SSSR count). The van der Waals surface area contributed by atoms with Gasteiger partial charge in [0.1, 0.15) is 5.01 Å². The molecule has 0 bridgehead atoms. The van der Waals surface area contributed by atoms with Gasteiger partial charge in [-0.05, 0) is 31.5 Å². The van der Waals surface area contributed by atoms with Crippen LogP contribution >= 0.6 is 11.3 Å². The molecule has 1 aromatic heterocycles. The summed E-state index contributed by atoms with van der Waals surface area (Å²) in [5, 5.41) is 5.79. The molecule has 2 heterocycles. The van der Waals surface area contributed by atoms with Crippen LogP contribution in [0.5, 0.6) is 11.5 Å². The van der Waals surface area contributed by atoms with E-state index in [-0.39, 0.29) is 12.3 Å². The molecule has 1 amide bonds. The van der Waals surface area contributed by atoms with Gasteiger partial charge in [0.2, 0.25) is 5.91 Å². The maximum absolute atomic E-state index is 12.6. The second-order valence-corrected chi connectivity index (χ2v) is 8.84. The van der Waals surface area contributed by atoms with Gasteiger partial charge >= 0.3 is 0 Å². The van der Waals surface area contributed by atoms with Crippen molar-refractivity contribution in [1.82, 2.24) is 9.88 Å². The molecule has 1 fully saturated rings. The Morgan fingerprint density at radius 2 is 1.79 bits per heavy atom. The Morgan fingerprint density at radius 3 is 2.53 bits per heavy atom. The number of hydrogen-bond acceptors (Lipinski definition) is 7. The van der Waals surface area contributed by atoms with Crippen molar-refractivity contribution in [2.45, 2.75) is 26.8 Å². The van der Waals surface area contributed by atoms with E-state index in [1.807, 2.05) is 31.4 Å². The first-order chi connectivity index (χ1) is 16.6. The van der Waals surface area contributed by atoms with Crippen LogP contribution in [0.3, 0.4) is 0 Å². The molecule has 0 unspecified atom stereocenters. The van der Waals surface area contributed by atoms with Crippen molar-refractivity contribution in [3.05, 3.63) is 59.1 Å². The summed E-state index contributed by atoms with van der Waals surface area (Å²) in [4.78, 5) is 19.7. The van der Waals surface area contributed by atoms with Gasteiger partial charge in [-0.1, -0.05) is 24.3 Å². The summed E-state index contributed by atoms with van der Waals surface area (Å²) >= 11 is 1.55. The largest absolute Gasteiger partial charge is 0.490 e. The second kappa shape index (κ2) is 12.0. The number of amides is 1. The van der Waals surface area contributed by atoms with E-state index in [1.165, 1.54) is 5.56 Å². The Balaban J connectivity index is 1.34. The molecule has 3 aromatic rings. The molecule has 0 atom stereocenters. The second-order valence-electron chi connectivity index (χ2n) is 7.98. The van der Waals surface area contributed by atoms with Gasteiger partial charge in [-0.15, -0.1) is 11.3 Å². The molecular weight excluding hydrogens is 450 g/mol. The van der Waals surface area contributed by atoms with Crippen molar-refractivity contribution in [3.63, 3.8) is 0 Å². The first-order valence-electron chi connectivity index (χ1n) is 11.7. The fraction of sp³-hybridized carbons (Fsp3) is 0.385. The minimum Gasteiger partial charge on any atom is -0.490 e. The number of rotatable bonds is 10. The molecule has 180 valence electrons. The molecule has 1 saturated heterocycles. The van der Waals surface area contributed by atoms with E-state index in [0.717, 1.165) is 49.1 Å². The monoisotopic (exact) mass is 481 g/mol. The van der Waals surface area contributed by atoms with E-state index in [4.69, 9.17) is 14.2 Å². The fourth-order valence-electron chi connectivity index (χ4n) is 3.79. The van der Waals surface area contributed by atoms with E-state index < -0.39 is 0 Å². The number of anilines is 1. The maximum Gasteiger partial charge on any atom is 0.230 e. The van der Waals surface area contributed by atoms with Crippen LogP contribution in [-0.2, 0) is 22.5 Å². The topological polar surface area (TPSA) is 72.9 Å². The van der Waals surface area contributed by atoms with Gasteiger partial charge < -0.3 is 19.5 Å². The van der Waals surface area contributed by atoms with Gasteiger partial charge in [-0.25, -0.2) is 4.98 Å². The van der Waals surface area contributed by atoms with E-state index in [1.54, 1.807) is 17.4 Å². The minimum atomic E-state index is -0.121. The predicted molar refractivity (Wildman–Crippen MR) is 135 cm³/mol. The van der Waals surface area contributed by atoms with Crippen LogP contribution in [0.15, 0.2) is 47.8 Å². The van der Waals surface area contributed by atoms with Gasteiger partial charge in [0.25, 0.3) is 0 Å². The van der Waals surface area contributed by atoms with Crippen LogP contribution < -0.4 is 14.8 Å². The van der Waals surface area contributed by atoms with E-state index in [0.29, 0.717) is 30.4 Å². The standard InChI is InChI=1S/C26H31N3O4S/c1-3-32-23-10-9-21(15-24(23)33-4-2)27-25(30)16-22-18-34-26(28-22)20-7-5-19(6-8-20)17-29-11-13-31-14-12-29/h5-10,15,18H,3-4,11-14,16-17H2,1-2H3,(H,27,30). The average Bonchev–Trinajstić information content (AvgIpc) is 3.30. The summed E-state index contributed by atoms with van der Waals surface area (Å²) in [6.07, 6.45) is 0.211. The Morgan fingerprint density at radius 1 is 1.06 bits per heavy atom. The molecule has 0 saturated carbocycles. The minimum absolute atomic E-state index is 0.121. The number of hydrogen-bond donors (Lipinski definition) is 1. The number of thiazole rings is 1. The van der Waals surface area contributed by atoms with Gasteiger partial charge in [-0.2, -0.15) is 0 Å². The lowest BCUT2D eigenvalue weighted by atomic mass is 10.1. The van der Waals surface area contributed by atoms with E-state index in [9.17, 15) is 4.79 Å². The van der Waals surface area contributed by atoms with Crippen molar-refractivity contribution in [1.29, 1.82) is 0 Å². The van der Waals surface area contributed by atoms with Crippen molar-refractivity contribution in [2.75, 3.05) is 44.8 Å². The number of benzene rings is 2. The molecule has 0 aliphatic carbocycles.